The van der Waals surface area contributed by atoms with E-state index in [9.17, 15) is 0 Å². The average molecular weight is 133 g/mol. The molecular weight excluding hydrogens is 122 g/mol. The van der Waals surface area contributed by atoms with Crippen LogP contribution in [0.4, 0.5) is 0 Å². The first-order chi connectivity index (χ1) is 4.88. The molecule has 0 bridgehead atoms. The topological polar surface area (TPSA) is 12.9 Å². The van der Waals surface area contributed by atoms with Gasteiger partial charge in [-0.2, -0.15) is 0 Å². The summed E-state index contributed by atoms with van der Waals surface area (Å²) in [5.74, 6) is 1.74. The van der Waals surface area contributed by atoms with Crippen molar-refractivity contribution in [3.63, 3.8) is 0 Å². The van der Waals surface area contributed by atoms with Crippen molar-refractivity contribution in [2.45, 2.75) is 19.3 Å². The fraction of sp³-hybridized carbons (Fsp3) is 0.444. The van der Waals surface area contributed by atoms with E-state index in [-0.39, 0.29) is 0 Å². The van der Waals surface area contributed by atoms with E-state index in [1.165, 1.54) is 12.0 Å². The second-order valence-electron chi connectivity index (χ2n) is 3.10. The van der Waals surface area contributed by atoms with Crippen LogP contribution in [0.2, 0.25) is 0 Å². The Hall–Kier alpha value is -0.850. The minimum Gasteiger partial charge on any atom is -0.265 e. The first-order valence-electron chi connectivity index (χ1n) is 3.78. The van der Waals surface area contributed by atoms with Crippen LogP contribution < -0.4 is 0 Å². The number of hydrogen-bond acceptors (Lipinski definition) is 1. The van der Waals surface area contributed by atoms with E-state index >= 15 is 0 Å². The summed E-state index contributed by atoms with van der Waals surface area (Å²) in [5, 5.41) is 0. The van der Waals surface area contributed by atoms with Crippen molar-refractivity contribution in [1.82, 2.24) is 4.98 Å². The van der Waals surface area contributed by atoms with Crippen LogP contribution in [0.3, 0.4) is 0 Å². The molecule has 1 heterocycles. The normalized spacial score (nSPS) is 30.1. The molecule has 1 nitrogen and oxygen atoms in total. The summed E-state index contributed by atoms with van der Waals surface area (Å²) in [6.45, 7) is 2.30. The van der Waals surface area contributed by atoms with E-state index < -0.39 is 0 Å². The van der Waals surface area contributed by atoms with Gasteiger partial charge < -0.3 is 0 Å². The van der Waals surface area contributed by atoms with E-state index in [0.717, 1.165) is 11.8 Å². The number of hydrogen-bond donors (Lipinski definition) is 0. The van der Waals surface area contributed by atoms with Gasteiger partial charge in [-0.1, -0.05) is 6.92 Å². The van der Waals surface area contributed by atoms with Crippen molar-refractivity contribution < 1.29 is 0 Å². The second-order valence-corrected chi connectivity index (χ2v) is 3.10. The SMILES string of the molecule is CC1CC1c1ccncc1. The lowest BCUT2D eigenvalue weighted by molar-refractivity contribution is 0.912. The van der Waals surface area contributed by atoms with Gasteiger partial charge in [0.15, 0.2) is 0 Å². The van der Waals surface area contributed by atoms with Gasteiger partial charge in [0, 0.05) is 12.4 Å². The fourth-order valence-corrected chi connectivity index (χ4v) is 1.40. The zero-order chi connectivity index (χ0) is 6.97. The summed E-state index contributed by atoms with van der Waals surface area (Å²) in [4.78, 5) is 3.98. The van der Waals surface area contributed by atoms with Crippen LogP contribution >= 0.6 is 0 Å². The van der Waals surface area contributed by atoms with Crippen LogP contribution in [-0.2, 0) is 0 Å². The zero-order valence-corrected chi connectivity index (χ0v) is 6.12. The summed E-state index contributed by atoms with van der Waals surface area (Å²) in [6, 6.07) is 4.24. The molecule has 0 amide bonds. The molecule has 1 aromatic heterocycles. The summed E-state index contributed by atoms with van der Waals surface area (Å²) in [7, 11) is 0. The Kier molecular flexibility index (Phi) is 1.23. The summed E-state index contributed by atoms with van der Waals surface area (Å²) in [5.41, 5.74) is 1.46. The Labute approximate surface area is 61.1 Å². The molecule has 0 aromatic carbocycles. The van der Waals surface area contributed by atoms with Crippen molar-refractivity contribution in [2.75, 3.05) is 0 Å². The Bertz CT molecular complexity index is 217. The van der Waals surface area contributed by atoms with Gasteiger partial charge in [-0.05, 0) is 36.0 Å². The smallest absolute Gasteiger partial charge is 0.0270 e. The second kappa shape index (κ2) is 2.08. The van der Waals surface area contributed by atoms with Crippen LogP contribution in [0.1, 0.15) is 24.8 Å². The monoisotopic (exact) mass is 133 g/mol. The highest BCUT2D eigenvalue weighted by molar-refractivity contribution is 5.22. The maximum Gasteiger partial charge on any atom is 0.0270 e. The van der Waals surface area contributed by atoms with E-state index in [0.29, 0.717) is 0 Å². The fourth-order valence-electron chi connectivity index (χ4n) is 1.40. The first-order valence-corrected chi connectivity index (χ1v) is 3.78. The van der Waals surface area contributed by atoms with Crippen LogP contribution in [-0.4, -0.2) is 4.98 Å². The quantitative estimate of drug-likeness (QED) is 0.572. The molecule has 0 aliphatic heterocycles. The lowest BCUT2D eigenvalue weighted by atomic mass is 10.1. The molecule has 2 atom stereocenters. The lowest BCUT2D eigenvalue weighted by Gasteiger charge is -1.93. The largest absolute Gasteiger partial charge is 0.265 e. The highest BCUT2D eigenvalue weighted by Crippen LogP contribution is 2.46. The van der Waals surface area contributed by atoms with E-state index in [1.54, 1.807) is 0 Å². The molecule has 2 unspecified atom stereocenters. The van der Waals surface area contributed by atoms with Crippen LogP contribution in [0, 0.1) is 5.92 Å². The Morgan fingerprint density at radius 1 is 1.40 bits per heavy atom. The molecule has 1 saturated carbocycles. The third-order valence-electron chi connectivity index (χ3n) is 2.24. The molecule has 1 aliphatic carbocycles. The average Bonchev–Trinajstić information content (AvgIpc) is 2.69. The predicted molar refractivity (Wildman–Crippen MR) is 40.8 cm³/mol. The van der Waals surface area contributed by atoms with Crippen molar-refractivity contribution in [2.24, 2.45) is 5.92 Å². The summed E-state index contributed by atoms with van der Waals surface area (Å²) >= 11 is 0. The van der Waals surface area contributed by atoms with Gasteiger partial charge in [0.1, 0.15) is 0 Å². The molecule has 1 fully saturated rings. The van der Waals surface area contributed by atoms with Crippen molar-refractivity contribution in [1.29, 1.82) is 0 Å². The third-order valence-corrected chi connectivity index (χ3v) is 2.24. The van der Waals surface area contributed by atoms with Crippen LogP contribution in [0.5, 0.6) is 0 Å². The molecule has 52 valence electrons. The maximum atomic E-state index is 3.98. The third kappa shape index (κ3) is 0.919. The van der Waals surface area contributed by atoms with Gasteiger partial charge in [0.05, 0.1) is 0 Å². The van der Waals surface area contributed by atoms with E-state index in [1.807, 2.05) is 12.4 Å². The minimum atomic E-state index is 0.836. The van der Waals surface area contributed by atoms with Crippen LogP contribution in [0.15, 0.2) is 24.5 Å². The lowest BCUT2D eigenvalue weighted by Crippen LogP contribution is -1.79. The highest BCUT2D eigenvalue weighted by Gasteiger charge is 2.33. The van der Waals surface area contributed by atoms with E-state index in [2.05, 4.69) is 24.0 Å². The molecule has 0 N–H and O–H groups in total. The van der Waals surface area contributed by atoms with Crippen LogP contribution in [0.25, 0.3) is 0 Å². The number of rotatable bonds is 1. The van der Waals surface area contributed by atoms with Gasteiger partial charge in [-0.3, -0.25) is 4.98 Å². The van der Waals surface area contributed by atoms with Gasteiger partial charge in [-0.15, -0.1) is 0 Å². The van der Waals surface area contributed by atoms with Gasteiger partial charge >= 0.3 is 0 Å². The maximum absolute atomic E-state index is 3.98. The van der Waals surface area contributed by atoms with Gasteiger partial charge in [-0.25, -0.2) is 0 Å². The van der Waals surface area contributed by atoms with Gasteiger partial charge in [0.25, 0.3) is 0 Å². The van der Waals surface area contributed by atoms with Crippen molar-refractivity contribution >= 4 is 0 Å². The molecule has 2 rings (SSSR count). The van der Waals surface area contributed by atoms with Gasteiger partial charge in [0.2, 0.25) is 0 Å². The number of nitrogens with zero attached hydrogens (tertiary/aromatic N) is 1. The Balaban J connectivity index is 2.20. The number of pyridine rings is 1. The molecule has 0 radical (unpaired) electrons. The molecule has 10 heavy (non-hydrogen) atoms. The minimum absolute atomic E-state index is 0.836. The number of aromatic nitrogens is 1. The molecule has 1 aromatic rings. The molecule has 0 spiro atoms. The molecule has 0 saturated heterocycles. The summed E-state index contributed by atoms with van der Waals surface area (Å²) < 4.78 is 0. The van der Waals surface area contributed by atoms with E-state index in [4.69, 9.17) is 0 Å². The Morgan fingerprint density at radius 3 is 2.50 bits per heavy atom. The van der Waals surface area contributed by atoms with Crippen molar-refractivity contribution in [3.05, 3.63) is 30.1 Å². The van der Waals surface area contributed by atoms with Crippen molar-refractivity contribution in [3.8, 4) is 0 Å². The molecule has 1 aliphatic rings. The molecular formula is C9H11N. The standard InChI is InChI=1S/C9H11N/c1-7-6-9(7)8-2-4-10-5-3-8/h2-5,7,9H,6H2,1H3. The zero-order valence-electron chi connectivity index (χ0n) is 6.12. The Morgan fingerprint density at radius 2 is 2.00 bits per heavy atom. The first kappa shape index (κ1) is 5.90. The summed E-state index contributed by atoms with van der Waals surface area (Å²) in [6.07, 6.45) is 5.12. The molecule has 1 heteroatoms. The predicted octanol–water partition coefficient (Wildman–Crippen LogP) is 2.21. The highest BCUT2D eigenvalue weighted by atomic mass is 14.6.